The molecule has 21 heavy (non-hydrogen) atoms. The van der Waals surface area contributed by atoms with Crippen molar-refractivity contribution in [2.75, 3.05) is 6.54 Å². The number of aromatic nitrogens is 1. The molecular formula is C14H22N4O2S. The van der Waals surface area contributed by atoms with Gasteiger partial charge in [-0.3, -0.25) is 4.79 Å². The maximum absolute atomic E-state index is 11.7. The van der Waals surface area contributed by atoms with E-state index in [1.165, 1.54) is 34.8 Å². The van der Waals surface area contributed by atoms with Crippen LogP contribution in [0.2, 0.25) is 0 Å². The third-order valence-corrected chi connectivity index (χ3v) is 4.73. The van der Waals surface area contributed by atoms with Gasteiger partial charge in [0.2, 0.25) is 5.91 Å². The number of fused-ring (bicyclic) bond motifs is 1. The first-order valence-electron chi connectivity index (χ1n) is 7.37. The summed E-state index contributed by atoms with van der Waals surface area (Å²) in [4.78, 5) is 28.4. The van der Waals surface area contributed by atoms with Gasteiger partial charge in [0.1, 0.15) is 6.04 Å². The molecule has 2 rings (SSSR count). The molecule has 6 nitrogen and oxygen atoms in total. The normalized spacial score (nSPS) is 15.1. The van der Waals surface area contributed by atoms with Gasteiger partial charge in [0.15, 0.2) is 0 Å². The number of nitrogens with two attached hydrogens (primary N) is 1. The second-order valence-corrected chi connectivity index (χ2v) is 6.48. The molecule has 0 saturated heterocycles. The number of thiazole rings is 1. The standard InChI is InChI=1S/C14H22N4O2S/c1-9(17-14(15)20)13(19)16-8-4-7-12-18-10-5-2-3-6-11(10)21-12/h9H,2-8H2,1H3,(H,16,19)(H3,15,17,20). The molecule has 1 aromatic rings. The molecule has 1 aliphatic rings. The summed E-state index contributed by atoms with van der Waals surface area (Å²) in [6.07, 6.45) is 6.53. The molecule has 1 unspecified atom stereocenters. The number of aryl methyl sites for hydroxylation is 3. The van der Waals surface area contributed by atoms with Crippen molar-refractivity contribution in [3.63, 3.8) is 0 Å². The fourth-order valence-corrected chi connectivity index (χ4v) is 3.59. The van der Waals surface area contributed by atoms with Gasteiger partial charge in [-0.2, -0.15) is 0 Å². The third kappa shape index (κ3) is 4.70. The van der Waals surface area contributed by atoms with Gasteiger partial charge in [-0.25, -0.2) is 9.78 Å². The van der Waals surface area contributed by atoms with Crippen molar-refractivity contribution in [1.29, 1.82) is 0 Å². The van der Waals surface area contributed by atoms with E-state index in [9.17, 15) is 9.59 Å². The highest BCUT2D eigenvalue weighted by Crippen LogP contribution is 2.27. The van der Waals surface area contributed by atoms with E-state index in [1.807, 2.05) is 11.3 Å². The molecule has 0 bridgehead atoms. The summed E-state index contributed by atoms with van der Waals surface area (Å²) in [7, 11) is 0. The average molecular weight is 310 g/mol. The highest BCUT2D eigenvalue weighted by Gasteiger charge is 2.15. The summed E-state index contributed by atoms with van der Waals surface area (Å²) < 4.78 is 0. The Morgan fingerprint density at radius 1 is 1.38 bits per heavy atom. The molecule has 0 spiro atoms. The Labute approximate surface area is 128 Å². The topological polar surface area (TPSA) is 97.1 Å². The predicted molar refractivity (Wildman–Crippen MR) is 82.3 cm³/mol. The number of carbonyl (C=O) groups excluding carboxylic acids is 2. The molecule has 0 radical (unpaired) electrons. The Hall–Kier alpha value is -1.63. The first-order chi connectivity index (χ1) is 10.1. The van der Waals surface area contributed by atoms with E-state index in [-0.39, 0.29) is 5.91 Å². The number of rotatable bonds is 6. The lowest BCUT2D eigenvalue weighted by molar-refractivity contribution is -0.122. The van der Waals surface area contributed by atoms with E-state index >= 15 is 0 Å². The largest absolute Gasteiger partial charge is 0.354 e. The van der Waals surface area contributed by atoms with Gasteiger partial charge in [0, 0.05) is 17.8 Å². The molecule has 1 heterocycles. The lowest BCUT2D eigenvalue weighted by Gasteiger charge is -2.11. The zero-order valence-corrected chi connectivity index (χ0v) is 13.1. The van der Waals surface area contributed by atoms with Gasteiger partial charge < -0.3 is 16.4 Å². The summed E-state index contributed by atoms with van der Waals surface area (Å²) >= 11 is 1.81. The Morgan fingerprint density at radius 2 is 2.14 bits per heavy atom. The van der Waals surface area contributed by atoms with Crippen molar-refractivity contribution >= 4 is 23.3 Å². The van der Waals surface area contributed by atoms with Crippen molar-refractivity contribution in [3.05, 3.63) is 15.6 Å². The maximum Gasteiger partial charge on any atom is 0.312 e. The molecule has 116 valence electrons. The number of nitrogens with one attached hydrogen (secondary N) is 2. The molecule has 0 saturated carbocycles. The number of urea groups is 1. The van der Waals surface area contributed by atoms with Crippen LogP contribution in [-0.4, -0.2) is 29.5 Å². The Balaban J connectivity index is 1.68. The molecule has 0 aliphatic heterocycles. The van der Waals surface area contributed by atoms with Crippen LogP contribution in [0, 0.1) is 0 Å². The molecule has 1 aromatic heterocycles. The third-order valence-electron chi connectivity index (χ3n) is 3.51. The highest BCUT2D eigenvalue weighted by atomic mass is 32.1. The van der Waals surface area contributed by atoms with E-state index in [4.69, 9.17) is 5.73 Å². The van der Waals surface area contributed by atoms with Crippen LogP contribution in [0.25, 0.3) is 0 Å². The second kappa shape index (κ2) is 7.40. The summed E-state index contributed by atoms with van der Waals surface area (Å²) in [6, 6.07) is -1.29. The number of nitrogens with zero attached hydrogens (tertiary/aromatic N) is 1. The SMILES string of the molecule is CC(NC(N)=O)C(=O)NCCCc1nc2c(s1)CCCC2. The van der Waals surface area contributed by atoms with E-state index in [2.05, 4.69) is 15.6 Å². The van der Waals surface area contributed by atoms with Crippen LogP contribution in [0.1, 0.15) is 41.8 Å². The van der Waals surface area contributed by atoms with Crippen LogP contribution in [0.5, 0.6) is 0 Å². The van der Waals surface area contributed by atoms with Gasteiger partial charge in [-0.05, 0) is 39.0 Å². The van der Waals surface area contributed by atoms with Crippen LogP contribution >= 0.6 is 11.3 Å². The Kier molecular flexibility index (Phi) is 5.55. The van der Waals surface area contributed by atoms with Gasteiger partial charge >= 0.3 is 6.03 Å². The minimum atomic E-state index is -0.689. The predicted octanol–water partition coefficient (Wildman–Crippen LogP) is 1.13. The van der Waals surface area contributed by atoms with Crippen molar-refractivity contribution in [3.8, 4) is 0 Å². The fourth-order valence-electron chi connectivity index (χ4n) is 2.40. The van der Waals surface area contributed by atoms with Crippen molar-refractivity contribution < 1.29 is 9.59 Å². The Morgan fingerprint density at radius 3 is 2.86 bits per heavy atom. The van der Waals surface area contributed by atoms with Gasteiger partial charge in [0.05, 0.1) is 10.7 Å². The zero-order valence-electron chi connectivity index (χ0n) is 12.3. The first-order valence-corrected chi connectivity index (χ1v) is 8.19. The van der Waals surface area contributed by atoms with Crippen LogP contribution in [0.4, 0.5) is 4.79 Å². The summed E-state index contributed by atoms with van der Waals surface area (Å²) in [6.45, 7) is 2.18. The minimum absolute atomic E-state index is 0.216. The van der Waals surface area contributed by atoms with Crippen molar-refractivity contribution in [2.45, 2.75) is 51.5 Å². The lowest BCUT2D eigenvalue weighted by Crippen LogP contribution is -2.46. The van der Waals surface area contributed by atoms with E-state index < -0.39 is 12.1 Å². The smallest absolute Gasteiger partial charge is 0.312 e. The highest BCUT2D eigenvalue weighted by molar-refractivity contribution is 7.11. The summed E-state index contributed by atoms with van der Waals surface area (Å²) in [5, 5.41) is 6.30. The molecule has 4 N–H and O–H groups in total. The number of hydrogen-bond donors (Lipinski definition) is 3. The van der Waals surface area contributed by atoms with E-state index in [0.29, 0.717) is 6.54 Å². The van der Waals surface area contributed by atoms with Gasteiger partial charge in [0.25, 0.3) is 0 Å². The van der Waals surface area contributed by atoms with E-state index in [1.54, 1.807) is 6.92 Å². The molecule has 7 heteroatoms. The quantitative estimate of drug-likeness (QED) is 0.687. The van der Waals surface area contributed by atoms with Gasteiger partial charge in [-0.15, -0.1) is 11.3 Å². The number of primary amides is 1. The van der Waals surface area contributed by atoms with Crippen molar-refractivity contribution in [2.24, 2.45) is 5.73 Å². The number of amides is 3. The molecule has 0 aromatic carbocycles. The maximum atomic E-state index is 11.7. The van der Waals surface area contributed by atoms with Crippen LogP contribution in [-0.2, 0) is 24.1 Å². The first kappa shape index (κ1) is 15.8. The molecule has 1 atom stereocenters. The monoisotopic (exact) mass is 310 g/mol. The second-order valence-electron chi connectivity index (χ2n) is 5.31. The molecule has 3 amide bonds. The summed E-state index contributed by atoms with van der Waals surface area (Å²) in [5.74, 6) is -0.216. The lowest BCUT2D eigenvalue weighted by atomic mass is 10.0. The van der Waals surface area contributed by atoms with Crippen molar-refractivity contribution in [1.82, 2.24) is 15.6 Å². The Bertz CT molecular complexity index is 492. The molecular weight excluding hydrogens is 288 g/mol. The summed E-state index contributed by atoms with van der Waals surface area (Å²) in [5.41, 5.74) is 6.25. The number of hydrogen-bond acceptors (Lipinski definition) is 4. The van der Waals surface area contributed by atoms with Crippen LogP contribution in [0.3, 0.4) is 0 Å². The molecule has 1 aliphatic carbocycles. The van der Waals surface area contributed by atoms with Crippen LogP contribution < -0.4 is 16.4 Å². The zero-order chi connectivity index (χ0) is 15.2. The number of carbonyl (C=O) groups is 2. The average Bonchev–Trinajstić information content (AvgIpc) is 2.85. The van der Waals surface area contributed by atoms with Crippen LogP contribution in [0.15, 0.2) is 0 Å². The van der Waals surface area contributed by atoms with E-state index in [0.717, 1.165) is 19.3 Å². The molecule has 0 fully saturated rings. The van der Waals surface area contributed by atoms with Gasteiger partial charge in [-0.1, -0.05) is 0 Å². The minimum Gasteiger partial charge on any atom is -0.354 e. The fraction of sp³-hybridized carbons (Fsp3) is 0.643.